The molecule has 0 aliphatic carbocycles. The van der Waals surface area contributed by atoms with E-state index in [4.69, 9.17) is 19.2 Å². The summed E-state index contributed by atoms with van der Waals surface area (Å²) in [5.41, 5.74) is -0.517. The van der Waals surface area contributed by atoms with Gasteiger partial charge in [-0.1, -0.05) is 0 Å². The van der Waals surface area contributed by atoms with Crippen molar-refractivity contribution in [3.8, 4) is 0 Å². The molecule has 0 N–H and O–H groups in total. The van der Waals surface area contributed by atoms with Crippen molar-refractivity contribution in [1.82, 2.24) is 0 Å². The molecular formula is C10H18O5. The van der Waals surface area contributed by atoms with E-state index in [2.05, 4.69) is 0 Å². The van der Waals surface area contributed by atoms with Gasteiger partial charge in [0.2, 0.25) is 5.79 Å². The number of hydrogen-bond acceptors (Lipinski definition) is 5. The largest absolute Gasteiger partial charge is 0.469 e. The van der Waals surface area contributed by atoms with Crippen molar-refractivity contribution >= 4 is 5.97 Å². The van der Waals surface area contributed by atoms with E-state index in [-0.39, 0.29) is 5.97 Å². The van der Waals surface area contributed by atoms with Gasteiger partial charge < -0.3 is 9.47 Å². The lowest BCUT2D eigenvalue weighted by molar-refractivity contribution is -0.490. The van der Waals surface area contributed by atoms with Gasteiger partial charge in [0.05, 0.1) is 12.7 Å². The number of esters is 1. The summed E-state index contributed by atoms with van der Waals surface area (Å²) in [6.45, 7) is 5.35. The summed E-state index contributed by atoms with van der Waals surface area (Å²) < 4.78 is 9.89. The maximum Gasteiger partial charge on any atom is 0.314 e. The van der Waals surface area contributed by atoms with E-state index < -0.39 is 17.3 Å². The number of hydrogen-bond donors (Lipinski definition) is 0. The Morgan fingerprint density at radius 2 is 1.87 bits per heavy atom. The summed E-state index contributed by atoms with van der Waals surface area (Å²) in [4.78, 5) is 21.9. The molecule has 0 bridgehead atoms. The Hall–Kier alpha value is -0.650. The zero-order valence-electron chi connectivity index (χ0n) is 9.83. The Balaban J connectivity index is 2.88. The van der Waals surface area contributed by atoms with Crippen LogP contribution in [0.4, 0.5) is 0 Å². The summed E-state index contributed by atoms with van der Waals surface area (Å²) in [5, 5.41) is 0. The Morgan fingerprint density at radius 3 is 2.33 bits per heavy atom. The Morgan fingerprint density at radius 1 is 1.27 bits per heavy atom. The smallest absolute Gasteiger partial charge is 0.314 e. The highest BCUT2D eigenvalue weighted by atomic mass is 17.2. The van der Waals surface area contributed by atoms with E-state index in [9.17, 15) is 4.79 Å². The topological polar surface area (TPSA) is 54.0 Å². The van der Waals surface area contributed by atoms with Crippen LogP contribution in [0.15, 0.2) is 0 Å². The molecule has 1 aliphatic heterocycles. The normalized spacial score (nSPS) is 34.9. The van der Waals surface area contributed by atoms with Crippen molar-refractivity contribution in [2.75, 3.05) is 14.2 Å². The van der Waals surface area contributed by atoms with E-state index in [0.29, 0.717) is 6.42 Å². The van der Waals surface area contributed by atoms with Gasteiger partial charge in [0.25, 0.3) is 0 Å². The third-order valence-electron chi connectivity index (χ3n) is 2.65. The molecule has 2 atom stereocenters. The second-order valence-electron chi connectivity index (χ2n) is 4.43. The second kappa shape index (κ2) is 4.08. The van der Waals surface area contributed by atoms with Gasteiger partial charge in [0, 0.05) is 7.11 Å². The van der Waals surface area contributed by atoms with Crippen LogP contribution in [-0.2, 0) is 24.0 Å². The molecular weight excluding hydrogens is 200 g/mol. The summed E-state index contributed by atoms with van der Waals surface area (Å²) in [5.74, 6) is -1.92. The van der Waals surface area contributed by atoms with Crippen molar-refractivity contribution in [2.45, 2.75) is 38.6 Å². The summed E-state index contributed by atoms with van der Waals surface area (Å²) >= 11 is 0. The highest BCUT2D eigenvalue weighted by Crippen LogP contribution is 2.38. The fraction of sp³-hybridized carbons (Fsp3) is 0.900. The monoisotopic (exact) mass is 218 g/mol. The zero-order chi connectivity index (χ0) is 11.7. The van der Waals surface area contributed by atoms with Crippen LogP contribution < -0.4 is 0 Å². The van der Waals surface area contributed by atoms with E-state index in [1.165, 1.54) is 14.2 Å². The van der Waals surface area contributed by atoms with Gasteiger partial charge in [-0.05, 0) is 27.2 Å². The van der Waals surface area contributed by atoms with Crippen LogP contribution in [0.3, 0.4) is 0 Å². The minimum Gasteiger partial charge on any atom is -0.469 e. The van der Waals surface area contributed by atoms with E-state index in [0.717, 1.165) is 0 Å². The van der Waals surface area contributed by atoms with Crippen molar-refractivity contribution in [3.05, 3.63) is 0 Å². The molecule has 1 heterocycles. The molecule has 1 fully saturated rings. The predicted octanol–water partition coefficient (Wildman–Crippen LogP) is 1.27. The first-order valence-corrected chi connectivity index (χ1v) is 4.84. The summed E-state index contributed by atoms with van der Waals surface area (Å²) in [6, 6.07) is 0. The minimum atomic E-state index is -1.08. The highest BCUT2D eigenvalue weighted by molar-refractivity contribution is 5.73. The number of methoxy groups -OCH3 is 2. The van der Waals surface area contributed by atoms with E-state index >= 15 is 0 Å². The number of rotatable bonds is 2. The molecule has 0 amide bonds. The van der Waals surface area contributed by atoms with Gasteiger partial charge in [-0.2, -0.15) is 4.89 Å². The zero-order valence-corrected chi connectivity index (χ0v) is 9.83. The second-order valence-corrected chi connectivity index (χ2v) is 4.43. The molecule has 5 heteroatoms. The number of ether oxygens (including phenoxy) is 2. The van der Waals surface area contributed by atoms with Gasteiger partial charge in [0.1, 0.15) is 5.92 Å². The average Bonchev–Trinajstić information content (AvgIpc) is 2.21. The maximum atomic E-state index is 11.6. The first-order valence-electron chi connectivity index (χ1n) is 4.84. The summed E-state index contributed by atoms with van der Waals surface area (Å²) in [6.07, 6.45) is 0.490. The molecule has 2 unspecified atom stereocenters. The number of carbonyl (C=O) groups is 1. The Labute approximate surface area is 89.6 Å². The molecule has 1 aliphatic rings. The lowest BCUT2D eigenvalue weighted by Gasteiger charge is -2.43. The molecule has 0 aromatic carbocycles. The third kappa shape index (κ3) is 2.48. The lowest BCUT2D eigenvalue weighted by Crippen LogP contribution is -2.53. The molecule has 1 rings (SSSR count). The van der Waals surface area contributed by atoms with Gasteiger partial charge in [-0.3, -0.25) is 4.79 Å². The minimum absolute atomic E-state index is 0.351. The van der Waals surface area contributed by atoms with Crippen LogP contribution in [0.1, 0.15) is 27.2 Å². The first kappa shape index (κ1) is 12.4. The SMILES string of the molecule is COC(=O)C1CC(C)(C)OOC1(C)OC. The van der Waals surface area contributed by atoms with E-state index in [1.54, 1.807) is 6.92 Å². The average molecular weight is 218 g/mol. The van der Waals surface area contributed by atoms with Crippen molar-refractivity contribution < 1.29 is 24.0 Å². The quantitative estimate of drug-likeness (QED) is 0.516. The van der Waals surface area contributed by atoms with Gasteiger partial charge in [0.15, 0.2) is 0 Å². The van der Waals surface area contributed by atoms with Crippen LogP contribution in [0, 0.1) is 5.92 Å². The molecule has 0 saturated carbocycles. The van der Waals surface area contributed by atoms with Crippen LogP contribution >= 0.6 is 0 Å². The molecule has 1 saturated heterocycles. The van der Waals surface area contributed by atoms with E-state index in [1.807, 2.05) is 13.8 Å². The lowest BCUT2D eigenvalue weighted by atomic mass is 9.86. The van der Waals surface area contributed by atoms with Crippen molar-refractivity contribution in [2.24, 2.45) is 5.92 Å². The fourth-order valence-electron chi connectivity index (χ4n) is 1.58. The van der Waals surface area contributed by atoms with Crippen LogP contribution in [0.25, 0.3) is 0 Å². The molecule has 0 aromatic rings. The van der Waals surface area contributed by atoms with Crippen molar-refractivity contribution in [3.63, 3.8) is 0 Å². The van der Waals surface area contributed by atoms with Gasteiger partial charge >= 0.3 is 5.97 Å². The van der Waals surface area contributed by atoms with Gasteiger partial charge in [-0.25, -0.2) is 4.89 Å². The molecule has 5 nitrogen and oxygen atoms in total. The highest BCUT2D eigenvalue weighted by Gasteiger charge is 2.50. The van der Waals surface area contributed by atoms with Crippen LogP contribution in [0.5, 0.6) is 0 Å². The standard InChI is InChI=1S/C10H18O5/c1-9(2)6-7(8(11)12-4)10(3,13-5)15-14-9/h7H,6H2,1-5H3. The number of carbonyl (C=O) groups excluding carboxylic acids is 1. The predicted molar refractivity (Wildman–Crippen MR) is 51.8 cm³/mol. The molecule has 0 aromatic heterocycles. The molecule has 15 heavy (non-hydrogen) atoms. The third-order valence-corrected chi connectivity index (χ3v) is 2.65. The Kier molecular flexibility index (Phi) is 3.38. The van der Waals surface area contributed by atoms with Gasteiger partial charge in [-0.15, -0.1) is 0 Å². The maximum absolute atomic E-state index is 11.6. The molecule has 88 valence electrons. The van der Waals surface area contributed by atoms with Crippen LogP contribution in [0.2, 0.25) is 0 Å². The van der Waals surface area contributed by atoms with Crippen molar-refractivity contribution in [1.29, 1.82) is 0 Å². The Bertz CT molecular complexity index is 250. The van der Waals surface area contributed by atoms with Crippen LogP contribution in [-0.4, -0.2) is 31.6 Å². The molecule has 0 radical (unpaired) electrons. The summed E-state index contributed by atoms with van der Waals surface area (Å²) in [7, 11) is 2.82. The molecule has 0 spiro atoms. The fourth-order valence-corrected chi connectivity index (χ4v) is 1.58. The first-order chi connectivity index (χ1) is 6.84.